The Hall–Kier alpha value is -3.93. The molecular weight excluding hydrogens is 558 g/mol. The molecule has 0 spiro atoms. The number of hydrogen-bond donors (Lipinski definition) is 2. The molecule has 45 heavy (non-hydrogen) atoms. The minimum Gasteiger partial charge on any atom is -0.347 e. The third kappa shape index (κ3) is 7.00. The molecular formula is C39H49N3O3. The lowest BCUT2D eigenvalue weighted by Gasteiger charge is -2.52. The van der Waals surface area contributed by atoms with Crippen LogP contribution >= 0.6 is 0 Å². The molecule has 2 N–H and O–H groups in total. The van der Waals surface area contributed by atoms with Crippen LogP contribution in [0.3, 0.4) is 0 Å². The van der Waals surface area contributed by atoms with Crippen molar-refractivity contribution < 1.29 is 14.4 Å². The summed E-state index contributed by atoms with van der Waals surface area (Å²) in [6.07, 6.45) is 6.23. The fraction of sp³-hybridized carbons (Fsp3) is 0.462. The summed E-state index contributed by atoms with van der Waals surface area (Å²) in [5, 5.41) is 6.60. The number of amides is 3. The lowest BCUT2D eigenvalue weighted by Crippen LogP contribution is -2.60. The Balaban J connectivity index is 1.27. The van der Waals surface area contributed by atoms with Crippen molar-refractivity contribution in [3.63, 3.8) is 0 Å². The Morgan fingerprint density at radius 2 is 1.42 bits per heavy atom. The van der Waals surface area contributed by atoms with Crippen molar-refractivity contribution >= 4 is 17.7 Å². The van der Waals surface area contributed by atoms with Crippen LogP contribution in [0.15, 0.2) is 78.9 Å². The molecule has 6 rings (SSSR count). The van der Waals surface area contributed by atoms with Crippen LogP contribution in [0, 0.1) is 5.41 Å². The Morgan fingerprint density at radius 1 is 0.822 bits per heavy atom. The van der Waals surface area contributed by atoms with Gasteiger partial charge in [-0.15, -0.1) is 0 Å². The minimum atomic E-state index is -0.711. The molecule has 3 aliphatic rings. The highest BCUT2D eigenvalue weighted by atomic mass is 16.2. The van der Waals surface area contributed by atoms with Crippen LogP contribution in [0.1, 0.15) is 107 Å². The molecule has 3 fully saturated rings. The smallest absolute Gasteiger partial charge is 0.252 e. The van der Waals surface area contributed by atoms with Gasteiger partial charge >= 0.3 is 0 Å². The Labute approximate surface area is 269 Å². The minimum absolute atomic E-state index is 0.0442. The van der Waals surface area contributed by atoms with Gasteiger partial charge < -0.3 is 15.5 Å². The molecule has 3 aromatic rings. The monoisotopic (exact) mass is 607 g/mol. The molecule has 0 heterocycles. The fourth-order valence-corrected chi connectivity index (χ4v) is 7.05. The second kappa shape index (κ2) is 13.2. The third-order valence-corrected chi connectivity index (χ3v) is 10.2. The summed E-state index contributed by atoms with van der Waals surface area (Å²) in [4.78, 5) is 43.0. The highest BCUT2D eigenvalue weighted by Gasteiger charge is 2.53. The van der Waals surface area contributed by atoms with Gasteiger partial charge in [-0.2, -0.15) is 0 Å². The average Bonchev–Trinajstić information content (AvgIpc) is 3.06. The van der Waals surface area contributed by atoms with Crippen LogP contribution in [0.4, 0.5) is 0 Å². The van der Waals surface area contributed by atoms with Crippen molar-refractivity contribution in [3.05, 3.63) is 95.6 Å². The SMILES string of the molecule is CCCCN(C)C(=O)[C@@H](NC(=O)C12CCC(NC(=O)c3ccccc3-c3ccc(C(C)(C)C)cc3)(CC1)CC2)c1ccccc1. The zero-order valence-corrected chi connectivity index (χ0v) is 27.6. The van der Waals surface area contributed by atoms with E-state index in [1.54, 1.807) is 4.90 Å². The van der Waals surface area contributed by atoms with Crippen molar-refractivity contribution in [2.24, 2.45) is 5.41 Å². The van der Waals surface area contributed by atoms with Crippen LogP contribution in [-0.2, 0) is 15.0 Å². The van der Waals surface area contributed by atoms with Gasteiger partial charge in [0.2, 0.25) is 11.8 Å². The zero-order valence-electron chi connectivity index (χ0n) is 27.6. The first-order valence-corrected chi connectivity index (χ1v) is 16.6. The molecule has 2 bridgehead atoms. The molecule has 6 nitrogen and oxygen atoms in total. The molecule has 1 atom stereocenters. The summed E-state index contributed by atoms with van der Waals surface area (Å²) in [6.45, 7) is 9.36. The molecule has 6 heteroatoms. The van der Waals surface area contributed by atoms with E-state index in [-0.39, 0.29) is 28.7 Å². The second-order valence-electron chi connectivity index (χ2n) is 14.3. The number of likely N-dealkylation sites (N-methyl/N-ethyl adjacent to an activating group) is 1. The largest absolute Gasteiger partial charge is 0.347 e. The first-order chi connectivity index (χ1) is 21.5. The lowest BCUT2D eigenvalue weighted by atomic mass is 9.56. The van der Waals surface area contributed by atoms with Crippen molar-refractivity contribution in [1.82, 2.24) is 15.5 Å². The standard InChI is InChI=1S/C39H49N3O3/c1-6-7-27-42(5)35(44)33(29-13-9-8-10-14-29)40-36(45)38-21-24-39(25-22-38,26-23-38)41-34(43)32-16-12-11-15-31(32)28-17-19-30(20-18-28)37(2,3)4/h8-20,33H,6-7,21-27H2,1-5H3,(H,40,45)(H,41,43)/t33-,38?,39?/m0/s1. The molecule has 0 aliphatic heterocycles. The Bertz CT molecular complexity index is 1480. The molecule has 3 amide bonds. The molecule has 0 aromatic heterocycles. The molecule has 0 saturated heterocycles. The highest BCUT2D eigenvalue weighted by molar-refractivity contribution is 6.01. The van der Waals surface area contributed by atoms with Crippen molar-refractivity contribution in [1.29, 1.82) is 0 Å². The quantitative estimate of drug-likeness (QED) is 0.249. The summed E-state index contributed by atoms with van der Waals surface area (Å²) < 4.78 is 0. The topological polar surface area (TPSA) is 78.5 Å². The van der Waals surface area contributed by atoms with E-state index in [0.29, 0.717) is 31.4 Å². The average molecular weight is 608 g/mol. The van der Waals surface area contributed by atoms with E-state index in [1.807, 2.05) is 61.6 Å². The number of unbranched alkanes of at least 4 members (excludes halogenated alkanes) is 1. The summed E-state index contributed by atoms with van der Waals surface area (Å²) in [7, 11) is 1.82. The van der Waals surface area contributed by atoms with E-state index >= 15 is 0 Å². The Kier molecular flexibility index (Phi) is 9.52. The van der Waals surface area contributed by atoms with E-state index < -0.39 is 11.5 Å². The zero-order chi connectivity index (χ0) is 32.2. The molecule has 0 unspecified atom stereocenters. The van der Waals surface area contributed by atoms with E-state index in [2.05, 4.69) is 62.6 Å². The van der Waals surface area contributed by atoms with Gasteiger partial charge in [0.1, 0.15) is 6.04 Å². The van der Waals surface area contributed by atoms with E-state index in [4.69, 9.17) is 0 Å². The number of rotatable bonds is 10. The van der Waals surface area contributed by atoms with Crippen molar-refractivity contribution in [3.8, 4) is 11.1 Å². The predicted molar refractivity (Wildman–Crippen MR) is 181 cm³/mol. The number of carbonyl (C=O) groups is 3. The van der Waals surface area contributed by atoms with Crippen LogP contribution in [-0.4, -0.2) is 41.8 Å². The van der Waals surface area contributed by atoms with Gasteiger partial charge in [0.15, 0.2) is 0 Å². The highest BCUT2D eigenvalue weighted by Crippen LogP contribution is 2.53. The number of hydrogen-bond acceptors (Lipinski definition) is 3. The lowest BCUT2D eigenvalue weighted by molar-refractivity contribution is -0.143. The molecule has 3 aromatic carbocycles. The van der Waals surface area contributed by atoms with Gasteiger partial charge in [-0.3, -0.25) is 14.4 Å². The van der Waals surface area contributed by atoms with Gasteiger partial charge in [-0.1, -0.05) is 107 Å². The molecule has 3 saturated carbocycles. The maximum absolute atomic E-state index is 14.0. The van der Waals surface area contributed by atoms with Gasteiger partial charge in [0.25, 0.3) is 5.91 Å². The van der Waals surface area contributed by atoms with Crippen molar-refractivity contribution in [2.75, 3.05) is 13.6 Å². The number of fused-ring (bicyclic) bond motifs is 3. The van der Waals surface area contributed by atoms with Crippen LogP contribution in [0.2, 0.25) is 0 Å². The third-order valence-electron chi connectivity index (χ3n) is 10.2. The summed E-state index contributed by atoms with van der Waals surface area (Å²) in [5.74, 6) is -0.189. The van der Waals surface area contributed by atoms with E-state index in [0.717, 1.165) is 48.8 Å². The maximum Gasteiger partial charge on any atom is 0.252 e. The van der Waals surface area contributed by atoms with Crippen LogP contribution in [0.25, 0.3) is 11.1 Å². The molecule has 3 aliphatic carbocycles. The summed E-state index contributed by atoms with van der Waals surface area (Å²) in [5.41, 5.74) is 3.90. The molecule has 0 radical (unpaired) electrons. The second-order valence-corrected chi connectivity index (χ2v) is 14.3. The van der Waals surface area contributed by atoms with Gasteiger partial charge in [-0.25, -0.2) is 0 Å². The van der Waals surface area contributed by atoms with E-state index in [9.17, 15) is 14.4 Å². The first kappa shape index (κ1) is 32.5. The number of nitrogens with zero attached hydrogens (tertiary/aromatic N) is 1. The Morgan fingerprint density at radius 3 is 2.02 bits per heavy atom. The van der Waals surface area contributed by atoms with Crippen LogP contribution in [0.5, 0.6) is 0 Å². The number of benzene rings is 3. The van der Waals surface area contributed by atoms with Gasteiger partial charge in [0.05, 0.1) is 0 Å². The molecule has 238 valence electrons. The summed E-state index contributed by atoms with van der Waals surface area (Å²) >= 11 is 0. The number of carbonyl (C=O) groups excluding carboxylic acids is 3. The maximum atomic E-state index is 14.0. The predicted octanol–water partition coefficient (Wildman–Crippen LogP) is 7.59. The van der Waals surface area contributed by atoms with Gasteiger partial charge in [-0.05, 0) is 78.7 Å². The summed E-state index contributed by atoms with van der Waals surface area (Å²) in [6, 6.07) is 25.2. The normalized spacial score (nSPS) is 21.5. The fourth-order valence-electron chi connectivity index (χ4n) is 7.05. The van der Waals surface area contributed by atoms with E-state index in [1.165, 1.54) is 5.56 Å². The van der Waals surface area contributed by atoms with Gasteiger partial charge in [0, 0.05) is 30.1 Å². The van der Waals surface area contributed by atoms with Crippen molar-refractivity contribution in [2.45, 2.75) is 96.1 Å². The number of nitrogens with one attached hydrogen (secondary N) is 2. The first-order valence-electron chi connectivity index (χ1n) is 16.6. The van der Waals surface area contributed by atoms with Crippen LogP contribution < -0.4 is 10.6 Å².